The molecule has 0 bridgehead atoms. The van der Waals surface area contributed by atoms with E-state index in [9.17, 15) is 14.9 Å². The Labute approximate surface area is 197 Å². The summed E-state index contributed by atoms with van der Waals surface area (Å²) in [6.45, 7) is 3.61. The minimum Gasteiger partial charge on any atom is -0.457 e. The molecule has 3 N–H and O–H groups in total. The number of hydrogen-bond acceptors (Lipinski definition) is 6. The van der Waals surface area contributed by atoms with Gasteiger partial charge in [0.1, 0.15) is 17.2 Å². The van der Waals surface area contributed by atoms with Crippen LogP contribution >= 0.6 is 0 Å². The molecule has 0 aromatic heterocycles. The zero-order chi connectivity index (χ0) is 23.8. The SMILES string of the molecule is O=C(Nc1ccc(Oc2ccccc2)cc1)Nc1ccc(NCCN2CCCC2)c([N+](=O)[O-])c1. The van der Waals surface area contributed by atoms with E-state index in [1.807, 2.05) is 30.3 Å². The lowest BCUT2D eigenvalue weighted by Gasteiger charge is -2.15. The normalized spacial score (nSPS) is 13.3. The van der Waals surface area contributed by atoms with Crippen LogP contribution in [0.4, 0.5) is 27.5 Å². The summed E-state index contributed by atoms with van der Waals surface area (Å²) in [5.74, 6) is 1.36. The average Bonchev–Trinajstić information content (AvgIpc) is 3.35. The second-order valence-corrected chi connectivity index (χ2v) is 7.98. The van der Waals surface area contributed by atoms with E-state index in [4.69, 9.17) is 4.74 Å². The van der Waals surface area contributed by atoms with Gasteiger partial charge in [-0.25, -0.2) is 4.79 Å². The predicted molar refractivity (Wildman–Crippen MR) is 133 cm³/mol. The molecule has 4 rings (SSSR count). The zero-order valence-corrected chi connectivity index (χ0v) is 18.7. The van der Waals surface area contributed by atoms with Crippen molar-refractivity contribution in [3.63, 3.8) is 0 Å². The maximum atomic E-state index is 12.4. The quantitative estimate of drug-likeness (QED) is 0.285. The molecule has 1 aliphatic rings. The molecule has 3 aromatic carbocycles. The lowest BCUT2D eigenvalue weighted by atomic mass is 10.2. The zero-order valence-electron chi connectivity index (χ0n) is 18.7. The monoisotopic (exact) mass is 461 g/mol. The third-order valence-corrected chi connectivity index (χ3v) is 5.49. The minimum atomic E-state index is -0.499. The molecule has 0 unspecified atom stereocenters. The Morgan fingerprint density at radius 3 is 2.26 bits per heavy atom. The topological polar surface area (TPSA) is 109 Å². The molecular formula is C25H27N5O4. The number of ether oxygens (including phenoxy) is 1. The van der Waals surface area contributed by atoms with E-state index in [-0.39, 0.29) is 5.69 Å². The Balaban J connectivity index is 1.32. The van der Waals surface area contributed by atoms with Crippen molar-refractivity contribution in [2.24, 2.45) is 0 Å². The van der Waals surface area contributed by atoms with Gasteiger partial charge in [0.15, 0.2) is 0 Å². The van der Waals surface area contributed by atoms with Gasteiger partial charge in [-0.3, -0.25) is 10.1 Å². The molecule has 3 aromatic rings. The number of anilines is 3. The molecule has 1 fully saturated rings. The lowest BCUT2D eigenvalue weighted by molar-refractivity contribution is -0.383. The Morgan fingerprint density at radius 1 is 0.912 bits per heavy atom. The molecular weight excluding hydrogens is 434 g/mol. The number of nitro benzene ring substituents is 1. The van der Waals surface area contributed by atoms with Gasteiger partial charge in [-0.1, -0.05) is 18.2 Å². The van der Waals surface area contributed by atoms with E-state index >= 15 is 0 Å². The van der Waals surface area contributed by atoms with Crippen molar-refractivity contribution in [2.45, 2.75) is 12.8 Å². The number of nitrogens with zero attached hydrogens (tertiary/aromatic N) is 2. The number of carbonyl (C=O) groups excluding carboxylic acids is 1. The number of nitrogens with one attached hydrogen (secondary N) is 3. The Bertz CT molecular complexity index is 1120. The molecule has 0 aliphatic carbocycles. The highest BCUT2D eigenvalue weighted by Gasteiger charge is 2.17. The lowest BCUT2D eigenvalue weighted by Crippen LogP contribution is -2.26. The fraction of sp³-hybridized carbons (Fsp3) is 0.240. The number of urea groups is 1. The second-order valence-electron chi connectivity index (χ2n) is 7.98. The fourth-order valence-corrected chi connectivity index (χ4v) is 3.79. The van der Waals surface area contributed by atoms with Gasteiger partial charge in [0, 0.05) is 30.5 Å². The highest BCUT2D eigenvalue weighted by Crippen LogP contribution is 2.28. The minimum absolute atomic E-state index is 0.0818. The molecule has 176 valence electrons. The van der Waals surface area contributed by atoms with Crippen LogP contribution in [0.15, 0.2) is 72.8 Å². The van der Waals surface area contributed by atoms with E-state index < -0.39 is 11.0 Å². The van der Waals surface area contributed by atoms with E-state index in [1.165, 1.54) is 18.9 Å². The average molecular weight is 462 g/mol. The van der Waals surface area contributed by atoms with Crippen LogP contribution in [-0.2, 0) is 0 Å². The maximum absolute atomic E-state index is 12.4. The molecule has 0 spiro atoms. The summed E-state index contributed by atoms with van der Waals surface area (Å²) >= 11 is 0. The second kappa shape index (κ2) is 11.2. The predicted octanol–water partition coefficient (Wildman–Crippen LogP) is 5.54. The largest absolute Gasteiger partial charge is 0.457 e. The molecule has 1 heterocycles. The first-order valence-corrected chi connectivity index (χ1v) is 11.2. The van der Waals surface area contributed by atoms with Gasteiger partial charge in [0.05, 0.1) is 4.92 Å². The Hall–Kier alpha value is -4.11. The summed E-state index contributed by atoms with van der Waals surface area (Å²) in [6, 6.07) is 20.4. The van der Waals surface area contributed by atoms with Crippen LogP contribution in [0, 0.1) is 10.1 Å². The van der Waals surface area contributed by atoms with Crippen molar-refractivity contribution < 1.29 is 14.5 Å². The molecule has 1 aliphatic heterocycles. The summed E-state index contributed by atoms with van der Waals surface area (Å²) in [7, 11) is 0. The van der Waals surface area contributed by atoms with Crippen molar-refractivity contribution in [1.82, 2.24) is 4.90 Å². The molecule has 1 saturated heterocycles. The van der Waals surface area contributed by atoms with Crippen molar-refractivity contribution >= 4 is 28.8 Å². The van der Waals surface area contributed by atoms with Crippen molar-refractivity contribution in [3.8, 4) is 11.5 Å². The summed E-state index contributed by atoms with van der Waals surface area (Å²) in [4.78, 5) is 25.8. The van der Waals surface area contributed by atoms with E-state index in [0.29, 0.717) is 29.4 Å². The first-order valence-electron chi connectivity index (χ1n) is 11.2. The summed E-state index contributed by atoms with van der Waals surface area (Å²) in [5, 5.41) is 20.0. The number of likely N-dealkylation sites (tertiary alicyclic amines) is 1. The van der Waals surface area contributed by atoms with Gasteiger partial charge in [-0.15, -0.1) is 0 Å². The van der Waals surface area contributed by atoms with Gasteiger partial charge in [0.2, 0.25) is 0 Å². The number of rotatable bonds is 9. The molecule has 0 radical (unpaired) electrons. The highest BCUT2D eigenvalue weighted by atomic mass is 16.6. The summed E-state index contributed by atoms with van der Waals surface area (Å²) < 4.78 is 5.74. The van der Waals surface area contributed by atoms with Crippen molar-refractivity contribution in [2.75, 3.05) is 42.1 Å². The molecule has 0 atom stereocenters. The van der Waals surface area contributed by atoms with Crippen LogP contribution in [0.2, 0.25) is 0 Å². The highest BCUT2D eigenvalue weighted by molar-refractivity contribution is 6.00. The van der Waals surface area contributed by atoms with E-state index in [1.54, 1.807) is 36.4 Å². The summed E-state index contributed by atoms with van der Waals surface area (Å²) in [5.41, 5.74) is 1.25. The third kappa shape index (κ3) is 6.46. The Morgan fingerprint density at radius 2 is 1.56 bits per heavy atom. The first-order chi connectivity index (χ1) is 16.6. The van der Waals surface area contributed by atoms with E-state index in [2.05, 4.69) is 20.9 Å². The van der Waals surface area contributed by atoms with Crippen LogP contribution in [0.25, 0.3) is 0 Å². The van der Waals surface area contributed by atoms with Crippen molar-refractivity contribution in [3.05, 3.63) is 82.9 Å². The number of benzene rings is 3. The van der Waals surface area contributed by atoms with Crippen LogP contribution in [-0.4, -0.2) is 42.0 Å². The van der Waals surface area contributed by atoms with Gasteiger partial charge >= 0.3 is 6.03 Å². The number of carbonyl (C=O) groups is 1. The van der Waals surface area contributed by atoms with Crippen molar-refractivity contribution in [1.29, 1.82) is 0 Å². The molecule has 9 heteroatoms. The smallest absolute Gasteiger partial charge is 0.323 e. The van der Waals surface area contributed by atoms with Gasteiger partial charge < -0.3 is 25.6 Å². The molecule has 34 heavy (non-hydrogen) atoms. The van der Waals surface area contributed by atoms with Crippen LogP contribution in [0.3, 0.4) is 0 Å². The molecule has 2 amide bonds. The van der Waals surface area contributed by atoms with Gasteiger partial charge in [-0.2, -0.15) is 0 Å². The number of para-hydroxylation sites is 1. The Kier molecular flexibility index (Phi) is 7.56. The third-order valence-electron chi connectivity index (χ3n) is 5.49. The van der Waals surface area contributed by atoms with Gasteiger partial charge in [-0.05, 0) is 74.5 Å². The van der Waals surface area contributed by atoms with Gasteiger partial charge in [0.25, 0.3) is 5.69 Å². The molecule has 0 saturated carbocycles. The van der Waals surface area contributed by atoms with Crippen LogP contribution in [0.5, 0.6) is 11.5 Å². The molecule has 9 nitrogen and oxygen atoms in total. The maximum Gasteiger partial charge on any atom is 0.323 e. The standard InChI is InChI=1S/C25H27N5O4/c31-25(27-19-8-11-22(12-9-19)34-21-6-2-1-3-7-21)28-20-10-13-23(24(18-20)30(32)33)26-14-17-29-15-4-5-16-29/h1-3,6-13,18,26H,4-5,14-17H2,(H2,27,28,31). The first kappa shape index (κ1) is 23.1. The summed E-state index contributed by atoms with van der Waals surface area (Å²) in [6.07, 6.45) is 2.41. The fourth-order valence-electron chi connectivity index (χ4n) is 3.79. The number of nitro groups is 1. The van der Waals surface area contributed by atoms with E-state index in [0.717, 1.165) is 25.4 Å². The number of hydrogen-bond donors (Lipinski definition) is 3. The number of amides is 2. The van der Waals surface area contributed by atoms with Crippen LogP contribution in [0.1, 0.15) is 12.8 Å². The van der Waals surface area contributed by atoms with Crippen LogP contribution < -0.4 is 20.7 Å².